The maximum Gasteiger partial charge on any atom is 0.0534 e. The minimum absolute atomic E-state index is 0.720. The van der Waals surface area contributed by atoms with Crippen molar-refractivity contribution in [2.45, 2.75) is 58.4 Å². The fraction of sp³-hybridized carbons (Fsp3) is 0.941. The summed E-state index contributed by atoms with van der Waals surface area (Å²) < 4.78 is 0. The summed E-state index contributed by atoms with van der Waals surface area (Å²) in [7, 11) is 2.29. The van der Waals surface area contributed by atoms with Crippen molar-refractivity contribution in [3.63, 3.8) is 0 Å². The van der Waals surface area contributed by atoms with Crippen molar-refractivity contribution in [1.29, 1.82) is 0 Å². The lowest BCUT2D eigenvalue weighted by Gasteiger charge is -2.38. The van der Waals surface area contributed by atoms with Crippen LogP contribution in [0.1, 0.15) is 52.4 Å². The molecule has 1 saturated heterocycles. The van der Waals surface area contributed by atoms with Crippen molar-refractivity contribution in [2.75, 3.05) is 20.1 Å². The van der Waals surface area contributed by atoms with Gasteiger partial charge in [-0.25, -0.2) is 0 Å². The topological polar surface area (TPSA) is 15.6 Å². The van der Waals surface area contributed by atoms with Crippen LogP contribution >= 0.6 is 0 Å². The molecule has 0 aromatic heterocycles. The minimum atomic E-state index is 0.720. The quantitative estimate of drug-likeness (QED) is 0.742. The van der Waals surface area contributed by atoms with Gasteiger partial charge in [-0.1, -0.05) is 19.8 Å². The van der Waals surface area contributed by atoms with Gasteiger partial charge in [0.05, 0.1) is 6.04 Å². The monoisotopic (exact) mass is 262 g/mol. The average Bonchev–Trinajstić information content (AvgIpc) is 3.12. The number of hydrogen-bond donors (Lipinski definition) is 0. The zero-order valence-corrected chi connectivity index (χ0v) is 12.9. The van der Waals surface area contributed by atoms with E-state index in [2.05, 4.69) is 25.8 Å². The molecule has 108 valence electrons. The van der Waals surface area contributed by atoms with Crippen molar-refractivity contribution in [3.05, 3.63) is 0 Å². The van der Waals surface area contributed by atoms with Crippen LogP contribution in [0, 0.1) is 23.7 Å². The van der Waals surface area contributed by atoms with Crippen LogP contribution in [0.5, 0.6) is 0 Å². The molecule has 0 N–H and O–H groups in total. The smallest absolute Gasteiger partial charge is 0.0534 e. The number of rotatable bonds is 2. The molecule has 0 aromatic carbocycles. The van der Waals surface area contributed by atoms with Crippen molar-refractivity contribution in [1.82, 2.24) is 4.90 Å². The van der Waals surface area contributed by atoms with E-state index in [1.807, 2.05) is 0 Å². The Balaban J connectivity index is 1.74. The molecule has 2 fully saturated rings. The molecule has 0 bridgehead atoms. The predicted octanol–water partition coefficient (Wildman–Crippen LogP) is 3.61. The lowest BCUT2D eigenvalue weighted by Crippen LogP contribution is -2.37. The van der Waals surface area contributed by atoms with E-state index in [1.165, 1.54) is 57.3 Å². The zero-order chi connectivity index (χ0) is 13.4. The van der Waals surface area contributed by atoms with E-state index in [-0.39, 0.29) is 0 Å². The summed E-state index contributed by atoms with van der Waals surface area (Å²) in [5, 5.41) is 0. The first-order valence-electron chi connectivity index (χ1n) is 8.43. The van der Waals surface area contributed by atoms with E-state index >= 15 is 0 Å². The molecule has 5 atom stereocenters. The lowest BCUT2D eigenvalue weighted by atomic mass is 9.70. The third kappa shape index (κ3) is 2.74. The highest BCUT2D eigenvalue weighted by molar-refractivity contribution is 5.86. The molecule has 0 amide bonds. The van der Waals surface area contributed by atoms with Gasteiger partial charge in [0.1, 0.15) is 0 Å². The highest BCUT2D eigenvalue weighted by atomic mass is 15.1. The Morgan fingerprint density at radius 3 is 2.84 bits per heavy atom. The van der Waals surface area contributed by atoms with Crippen molar-refractivity contribution in [3.8, 4) is 0 Å². The maximum absolute atomic E-state index is 4.99. The molecular weight excluding hydrogens is 232 g/mol. The molecular formula is C17H30N2. The maximum atomic E-state index is 4.99. The molecule has 0 radical (unpaired) electrons. The van der Waals surface area contributed by atoms with Gasteiger partial charge in [-0.05, 0) is 70.5 Å². The van der Waals surface area contributed by atoms with Gasteiger partial charge in [0.15, 0.2) is 0 Å². The highest BCUT2D eigenvalue weighted by Crippen LogP contribution is 2.51. The van der Waals surface area contributed by atoms with Crippen LogP contribution in [0.15, 0.2) is 4.99 Å². The first-order valence-corrected chi connectivity index (χ1v) is 8.43. The van der Waals surface area contributed by atoms with Gasteiger partial charge in [-0.3, -0.25) is 4.99 Å². The number of likely N-dealkylation sites (tertiary alicyclic amines) is 1. The summed E-state index contributed by atoms with van der Waals surface area (Å²) in [6.45, 7) is 7.32. The van der Waals surface area contributed by atoms with E-state index in [9.17, 15) is 0 Å². The summed E-state index contributed by atoms with van der Waals surface area (Å²) in [4.78, 5) is 7.52. The van der Waals surface area contributed by atoms with Crippen LogP contribution in [0.4, 0.5) is 0 Å². The van der Waals surface area contributed by atoms with Crippen LogP contribution in [0.3, 0.4) is 0 Å². The van der Waals surface area contributed by atoms with Gasteiger partial charge >= 0.3 is 0 Å². The summed E-state index contributed by atoms with van der Waals surface area (Å²) in [6, 6.07) is 0.720. The molecule has 19 heavy (non-hydrogen) atoms. The molecule has 3 aliphatic rings. The van der Waals surface area contributed by atoms with Gasteiger partial charge in [0.2, 0.25) is 0 Å². The second-order valence-corrected chi connectivity index (χ2v) is 7.18. The molecule has 3 rings (SSSR count). The van der Waals surface area contributed by atoms with E-state index < -0.39 is 0 Å². The van der Waals surface area contributed by atoms with E-state index in [0.29, 0.717) is 0 Å². The Bertz CT molecular complexity index is 349. The second kappa shape index (κ2) is 5.55. The molecule has 1 saturated carbocycles. The first-order chi connectivity index (χ1) is 9.20. The van der Waals surface area contributed by atoms with E-state index in [4.69, 9.17) is 4.99 Å². The Kier molecular flexibility index (Phi) is 3.98. The van der Waals surface area contributed by atoms with Gasteiger partial charge < -0.3 is 4.90 Å². The third-order valence-corrected chi connectivity index (χ3v) is 5.89. The van der Waals surface area contributed by atoms with Crippen molar-refractivity contribution >= 4 is 5.71 Å². The highest BCUT2D eigenvalue weighted by Gasteiger charge is 2.50. The first kappa shape index (κ1) is 13.6. The van der Waals surface area contributed by atoms with Crippen LogP contribution < -0.4 is 0 Å². The zero-order valence-electron chi connectivity index (χ0n) is 12.9. The molecule has 2 nitrogen and oxygen atoms in total. The number of aliphatic imine (C=N–C) groups is 1. The van der Waals surface area contributed by atoms with Crippen molar-refractivity contribution in [2.24, 2.45) is 28.7 Å². The summed E-state index contributed by atoms with van der Waals surface area (Å²) >= 11 is 0. The second-order valence-electron chi connectivity index (χ2n) is 7.18. The Labute approximate surface area is 118 Å². The van der Waals surface area contributed by atoms with E-state index in [1.54, 1.807) is 0 Å². The predicted molar refractivity (Wildman–Crippen MR) is 81.7 cm³/mol. The molecule has 2 heteroatoms. The molecule has 1 aliphatic carbocycles. The number of fused-ring (bicyclic) bond motifs is 1. The van der Waals surface area contributed by atoms with Gasteiger partial charge in [0, 0.05) is 11.6 Å². The lowest BCUT2D eigenvalue weighted by molar-refractivity contribution is 0.184. The number of nitrogens with zero attached hydrogens (tertiary/aromatic N) is 2. The van der Waals surface area contributed by atoms with Crippen LogP contribution in [-0.4, -0.2) is 36.8 Å². The average molecular weight is 262 g/mol. The Morgan fingerprint density at radius 2 is 2.05 bits per heavy atom. The largest absolute Gasteiger partial charge is 0.306 e. The number of hydrogen-bond acceptors (Lipinski definition) is 2. The molecule has 0 aromatic rings. The van der Waals surface area contributed by atoms with Crippen LogP contribution in [-0.2, 0) is 0 Å². The Hall–Kier alpha value is -0.370. The standard InChI is InChI=1S/C17H30N2/c1-4-14-15-11-16(15)18-12(2)17(14)13-7-5-6-9-19(3)10-8-13/h13-17H,4-11H2,1-3H3. The fourth-order valence-electron chi connectivity index (χ4n) is 4.77. The van der Waals surface area contributed by atoms with Crippen LogP contribution in [0.25, 0.3) is 0 Å². The summed E-state index contributed by atoms with van der Waals surface area (Å²) in [5.41, 5.74) is 1.50. The third-order valence-electron chi connectivity index (χ3n) is 5.89. The van der Waals surface area contributed by atoms with Crippen LogP contribution in [0.2, 0.25) is 0 Å². The minimum Gasteiger partial charge on any atom is -0.306 e. The normalized spacial score (nSPS) is 43.9. The van der Waals surface area contributed by atoms with Gasteiger partial charge in [-0.15, -0.1) is 0 Å². The Morgan fingerprint density at radius 1 is 1.21 bits per heavy atom. The summed E-state index contributed by atoms with van der Waals surface area (Å²) in [5.74, 6) is 3.59. The van der Waals surface area contributed by atoms with Gasteiger partial charge in [-0.2, -0.15) is 0 Å². The summed E-state index contributed by atoms with van der Waals surface area (Å²) in [6.07, 6.45) is 8.40. The molecule has 2 heterocycles. The van der Waals surface area contributed by atoms with Gasteiger partial charge in [0.25, 0.3) is 0 Å². The molecule has 5 unspecified atom stereocenters. The molecule has 0 spiro atoms. The SMILES string of the molecule is CCC1C2CC2N=C(C)C1C1CCCCN(C)CC1. The molecule has 2 aliphatic heterocycles. The fourth-order valence-corrected chi connectivity index (χ4v) is 4.77. The van der Waals surface area contributed by atoms with E-state index in [0.717, 1.165) is 29.7 Å². The van der Waals surface area contributed by atoms with Crippen molar-refractivity contribution < 1.29 is 0 Å².